The normalized spacial score (nSPS) is 10.8. The third kappa shape index (κ3) is 0.988. The first-order chi connectivity index (χ1) is 4.63. The Morgan fingerprint density at radius 3 is 2.40 bits per heavy atom. The summed E-state index contributed by atoms with van der Waals surface area (Å²) in [5.74, 6) is 1.24. The fourth-order valence-corrected chi connectivity index (χ4v) is 0.909. The van der Waals surface area contributed by atoms with Gasteiger partial charge in [-0.15, -0.1) is 0 Å². The summed E-state index contributed by atoms with van der Waals surface area (Å²) in [4.78, 5) is 0. The first kappa shape index (κ1) is 7.12. The molecule has 0 aliphatic rings. The number of anilines is 1. The van der Waals surface area contributed by atoms with Crippen LogP contribution in [0.25, 0.3) is 0 Å². The second kappa shape index (κ2) is 2.33. The van der Waals surface area contributed by atoms with E-state index in [0.29, 0.717) is 5.92 Å². The summed E-state index contributed by atoms with van der Waals surface area (Å²) in [6.07, 6.45) is 1.82. The van der Waals surface area contributed by atoms with E-state index in [2.05, 4.69) is 18.9 Å². The number of nitrogen functional groups attached to an aromatic ring is 1. The van der Waals surface area contributed by atoms with Crippen molar-refractivity contribution in [2.24, 2.45) is 7.05 Å². The monoisotopic (exact) mass is 139 g/mol. The minimum atomic E-state index is 0.466. The molecule has 0 amide bonds. The molecule has 0 unspecified atom stereocenters. The van der Waals surface area contributed by atoms with E-state index in [0.717, 1.165) is 11.4 Å². The highest BCUT2D eigenvalue weighted by Crippen LogP contribution is 2.19. The van der Waals surface area contributed by atoms with Gasteiger partial charge in [0.2, 0.25) is 0 Å². The highest BCUT2D eigenvalue weighted by Gasteiger charge is 2.06. The molecule has 1 aromatic rings. The molecule has 1 heterocycles. The van der Waals surface area contributed by atoms with Gasteiger partial charge in [-0.05, 0) is 5.92 Å². The lowest BCUT2D eigenvalue weighted by atomic mass is 10.1. The van der Waals surface area contributed by atoms with Crippen molar-refractivity contribution in [2.45, 2.75) is 19.8 Å². The Kier molecular flexibility index (Phi) is 1.66. The van der Waals surface area contributed by atoms with Crippen LogP contribution in [0.5, 0.6) is 0 Å². The van der Waals surface area contributed by atoms with Crippen LogP contribution in [0.15, 0.2) is 6.20 Å². The molecule has 3 heteroatoms. The average molecular weight is 139 g/mol. The summed E-state index contributed by atoms with van der Waals surface area (Å²) in [5.41, 5.74) is 6.83. The Bertz CT molecular complexity index is 225. The number of hydrogen-bond donors (Lipinski definition) is 1. The summed E-state index contributed by atoms with van der Waals surface area (Å²) in [6, 6.07) is 0. The fraction of sp³-hybridized carbons (Fsp3) is 0.571. The Balaban J connectivity index is 3.05. The van der Waals surface area contributed by atoms with Crippen molar-refractivity contribution in [3.63, 3.8) is 0 Å². The molecule has 0 aromatic carbocycles. The standard InChI is InChI=1S/C7H13N3/c1-5(2)6-4-9-10(3)7(6)8/h4-5H,8H2,1-3H3. The summed E-state index contributed by atoms with van der Waals surface area (Å²) >= 11 is 0. The molecule has 0 aliphatic carbocycles. The van der Waals surface area contributed by atoms with Crippen LogP contribution in [0.2, 0.25) is 0 Å². The van der Waals surface area contributed by atoms with Crippen molar-refractivity contribution in [2.75, 3.05) is 5.73 Å². The molecule has 0 fully saturated rings. The predicted octanol–water partition coefficient (Wildman–Crippen LogP) is 1.13. The zero-order chi connectivity index (χ0) is 7.72. The topological polar surface area (TPSA) is 43.8 Å². The summed E-state index contributed by atoms with van der Waals surface area (Å²) in [6.45, 7) is 4.21. The number of aromatic nitrogens is 2. The van der Waals surface area contributed by atoms with Gasteiger partial charge in [-0.2, -0.15) is 5.10 Å². The van der Waals surface area contributed by atoms with Crippen LogP contribution in [0.1, 0.15) is 25.3 Å². The molecule has 1 rings (SSSR count). The van der Waals surface area contributed by atoms with Gasteiger partial charge in [0, 0.05) is 12.6 Å². The van der Waals surface area contributed by atoms with Crippen LogP contribution >= 0.6 is 0 Å². The summed E-state index contributed by atoms with van der Waals surface area (Å²) < 4.78 is 1.69. The Morgan fingerprint density at radius 2 is 2.20 bits per heavy atom. The van der Waals surface area contributed by atoms with Crippen LogP contribution < -0.4 is 5.73 Å². The van der Waals surface area contributed by atoms with E-state index in [4.69, 9.17) is 5.73 Å². The summed E-state index contributed by atoms with van der Waals surface area (Å²) in [7, 11) is 1.85. The molecule has 0 bridgehead atoms. The zero-order valence-corrected chi connectivity index (χ0v) is 6.63. The second-order valence-electron chi connectivity index (χ2n) is 2.76. The SMILES string of the molecule is CC(C)c1cnn(C)c1N. The van der Waals surface area contributed by atoms with Crippen molar-refractivity contribution in [3.8, 4) is 0 Å². The van der Waals surface area contributed by atoms with E-state index in [1.165, 1.54) is 0 Å². The maximum Gasteiger partial charge on any atom is 0.124 e. The molecule has 0 radical (unpaired) electrons. The highest BCUT2D eigenvalue weighted by atomic mass is 15.3. The molecular weight excluding hydrogens is 126 g/mol. The maximum absolute atomic E-state index is 5.70. The smallest absolute Gasteiger partial charge is 0.124 e. The minimum Gasteiger partial charge on any atom is -0.384 e. The van der Waals surface area contributed by atoms with Gasteiger partial charge in [0.1, 0.15) is 5.82 Å². The molecule has 10 heavy (non-hydrogen) atoms. The van der Waals surface area contributed by atoms with Crippen LogP contribution in [-0.4, -0.2) is 9.78 Å². The lowest BCUT2D eigenvalue weighted by molar-refractivity contribution is 0.777. The molecule has 0 saturated carbocycles. The minimum absolute atomic E-state index is 0.466. The third-order valence-corrected chi connectivity index (χ3v) is 1.64. The molecule has 0 aliphatic heterocycles. The number of hydrogen-bond acceptors (Lipinski definition) is 2. The van der Waals surface area contributed by atoms with Crippen LogP contribution in [0.3, 0.4) is 0 Å². The highest BCUT2D eigenvalue weighted by molar-refractivity contribution is 5.40. The van der Waals surface area contributed by atoms with Crippen LogP contribution in [0, 0.1) is 0 Å². The van der Waals surface area contributed by atoms with Gasteiger partial charge < -0.3 is 5.73 Å². The van der Waals surface area contributed by atoms with E-state index in [1.54, 1.807) is 4.68 Å². The molecule has 2 N–H and O–H groups in total. The quantitative estimate of drug-likeness (QED) is 0.633. The van der Waals surface area contributed by atoms with Crippen molar-refractivity contribution in [3.05, 3.63) is 11.8 Å². The number of nitrogens with zero attached hydrogens (tertiary/aromatic N) is 2. The molecular formula is C7H13N3. The van der Waals surface area contributed by atoms with E-state index in [9.17, 15) is 0 Å². The van der Waals surface area contributed by atoms with Gasteiger partial charge in [-0.25, -0.2) is 0 Å². The van der Waals surface area contributed by atoms with E-state index in [-0.39, 0.29) is 0 Å². The molecule has 56 valence electrons. The number of aryl methyl sites for hydroxylation is 1. The van der Waals surface area contributed by atoms with E-state index < -0.39 is 0 Å². The van der Waals surface area contributed by atoms with Gasteiger partial charge in [-0.3, -0.25) is 4.68 Å². The van der Waals surface area contributed by atoms with Gasteiger partial charge in [-0.1, -0.05) is 13.8 Å². The molecule has 0 atom stereocenters. The Labute approximate surface area is 60.8 Å². The molecule has 0 spiro atoms. The van der Waals surface area contributed by atoms with Crippen LogP contribution in [-0.2, 0) is 7.05 Å². The predicted molar refractivity (Wildman–Crippen MR) is 41.7 cm³/mol. The van der Waals surface area contributed by atoms with Gasteiger partial charge in [0.15, 0.2) is 0 Å². The molecule has 0 saturated heterocycles. The number of rotatable bonds is 1. The zero-order valence-electron chi connectivity index (χ0n) is 6.63. The van der Waals surface area contributed by atoms with Gasteiger partial charge in [0.05, 0.1) is 6.20 Å². The molecule has 1 aromatic heterocycles. The first-order valence-corrected chi connectivity index (χ1v) is 3.40. The van der Waals surface area contributed by atoms with Crippen molar-refractivity contribution >= 4 is 5.82 Å². The Morgan fingerprint density at radius 1 is 1.60 bits per heavy atom. The van der Waals surface area contributed by atoms with Crippen molar-refractivity contribution in [1.82, 2.24) is 9.78 Å². The average Bonchev–Trinajstić information content (AvgIpc) is 2.14. The Hall–Kier alpha value is -0.990. The largest absolute Gasteiger partial charge is 0.384 e. The molecule has 3 nitrogen and oxygen atoms in total. The lowest BCUT2D eigenvalue weighted by Gasteiger charge is -2.01. The van der Waals surface area contributed by atoms with Gasteiger partial charge in [0.25, 0.3) is 0 Å². The second-order valence-corrected chi connectivity index (χ2v) is 2.76. The van der Waals surface area contributed by atoms with Crippen molar-refractivity contribution < 1.29 is 0 Å². The van der Waals surface area contributed by atoms with E-state index in [1.807, 2.05) is 13.2 Å². The fourth-order valence-electron chi connectivity index (χ4n) is 0.909. The lowest BCUT2D eigenvalue weighted by Crippen LogP contribution is -2.00. The third-order valence-electron chi connectivity index (χ3n) is 1.64. The van der Waals surface area contributed by atoms with Crippen LogP contribution in [0.4, 0.5) is 5.82 Å². The first-order valence-electron chi connectivity index (χ1n) is 3.40. The summed E-state index contributed by atoms with van der Waals surface area (Å²) in [5, 5.41) is 4.03. The van der Waals surface area contributed by atoms with Crippen molar-refractivity contribution in [1.29, 1.82) is 0 Å². The maximum atomic E-state index is 5.70. The number of nitrogens with two attached hydrogens (primary N) is 1. The van der Waals surface area contributed by atoms with Gasteiger partial charge >= 0.3 is 0 Å². The van der Waals surface area contributed by atoms with E-state index >= 15 is 0 Å².